The van der Waals surface area contributed by atoms with Gasteiger partial charge in [0.25, 0.3) is 0 Å². The van der Waals surface area contributed by atoms with Gasteiger partial charge in [-0.05, 0) is 38.1 Å². The first-order chi connectivity index (χ1) is 6.86. The quantitative estimate of drug-likeness (QED) is 0.720. The van der Waals surface area contributed by atoms with Gasteiger partial charge in [-0.3, -0.25) is 0 Å². The predicted molar refractivity (Wildman–Crippen MR) is 60.4 cm³/mol. The highest BCUT2D eigenvalue weighted by Crippen LogP contribution is 2.19. The molecule has 1 saturated carbocycles. The zero-order valence-electron chi connectivity index (χ0n) is 9.39. The Morgan fingerprint density at radius 3 is 2.64 bits per heavy atom. The summed E-state index contributed by atoms with van der Waals surface area (Å²) in [7, 11) is 0. The lowest BCUT2D eigenvalue weighted by Gasteiger charge is -2.31. The third kappa shape index (κ3) is 2.71. The highest BCUT2D eigenvalue weighted by molar-refractivity contribution is 4.83. The minimum atomic E-state index is 0.726. The molecule has 2 rings (SSSR count). The van der Waals surface area contributed by atoms with Crippen molar-refractivity contribution >= 4 is 0 Å². The molecule has 2 nitrogen and oxygen atoms in total. The summed E-state index contributed by atoms with van der Waals surface area (Å²) in [5.41, 5.74) is 0. The van der Waals surface area contributed by atoms with E-state index in [1.165, 1.54) is 51.6 Å². The SMILES string of the molecule is CC1CCCNC1CNC1CCCC1. The molecule has 0 spiro atoms. The zero-order valence-corrected chi connectivity index (χ0v) is 9.39. The minimum absolute atomic E-state index is 0.726. The Balaban J connectivity index is 1.67. The first kappa shape index (κ1) is 10.4. The lowest BCUT2D eigenvalue weighted by molar-refractivity contribution is 0.282. The fourth-order valence-corrected chi connectivity index (χ4v) is 2.81. The van der Waals surface area contributed by atoms with E-state index in [2.05, 4.69) is 17.6 Å². The maximum atomic E-state index is 3.72. The molecule has 1 heterocycles. The van der Waals surface area contributed by atoms with Crippen LogP contribution < -0.4 is 10.6 Å². The van der Waals surface area contributed by atoms with Crippen LogP contribution in [0.5, 0.6) is 0 Å². The summed E-state index contributed by atoms with van der Waals surface area (Å²) in [5.74, 6) is 0.859. The second-order valence-corrected chi connectivity index (χ2v) is 5.07. The van der Waals surface area contributed by atoms with Crippen molar-refractivity contribution in [3.8, 4) is 0 Å². The Hall–Kier alpha value is -0.0800. The van der Waals surface area contributed by atoms with Gasteiger partial charge in [-0.15, -0.1) is 0 Å². The van der Waals surface area contributed by atoms with Crippen LogP contribution in [0.3, 0.4) is 0 Å². The van der Waals surface area contributed by atoms with Gasteiger partial charge in [-0.2, -0.15) is 0 Å². The molecule has 1 saturated heterocycles. The average molecular weight is 196 g/mol. The summed E-state index contributed by atoms with van der Waals surface area (Å²) < 4.78 is 0. The summed E-state index contributed by atoms with van der Waals surface area (Å²) >= 11 is 0. The van der Waals surface area contributed by atoms with Crippen molar-refractivity contribution in [2.45, 2.75) is 57.5 Å². The lowest BCUT2D eigenvalue weighted by Crippen LogP contribution is -2.48. The molecule has 0 radical (unpaired) electrons. The van der Waals surface area contributed by atoms with Gasteiger partial charge in [-0.25, -0.2) is 0 Å². The number of nitrogens with one attached hydrogen (secondary N) is 2. The summed E-state index contributed by atoms with van der Waals surface area (Å²) in [5, 5.41) is 7.35. The predicted octanol–water partition coefficient (Wildman–Crippen LogP) is 1.91. The Bertz CT molecular complexity index is 164. The number of hydrogen-bond donors (Lipinski definition) is 2. The standard InChI is InChI=1S/C12H24N2/c1-10-5-4-8-13-12(10)9-14-11-6-2-3-7-11/h10-14H,2-9H2,1H3. The molecule has 1 aliphatic carbocycles. The summed E-state index contributed by atoms with van der Waals surface area (Å²) in [6.45, 7) is 4.79. The van der Waals surface area contributed by atoms with E-state index in [0.717, 1.165) is 18.0 Å². The third-order valence-corrected chi connectivity index (χ3v) is 3.91. The molecule has 2 aliphatic rings. The Morgan fingerprint density at radius 2 is 1.93 bits per heavy atom. The first-order valence-corrected chi connectivity index (χ1v) is 6.33. The summed E-state index contributed by atoms with van der Waals surface area (Å²) in [6.07, 6.45) is 8.45. The molecule has 2 heteroatoms. The molecule has 0 aromatic heterocycles. The smallest absolute Gasteiger partial charge is 0.0218 e. The number of hydrogen-bond acceptors (Lipinski definition) is 2. The Morgan fingerprint density at radius 1 is 1.14 bits per heavy atom. The molecule has 1 aliphatic heterocycles. The van der Waals surface area contributed by atoms with Crippen LogP contribution in [-0.2, 0) is 0 Å². The minimum Gasteiger partial charge on any atom is -0.312 e. The van der Waals surface area contributed by atoms with E-state index >= 15 is 0 Å². The van der Waals surface area contributed by atoms with Crippen LogP contribution in [-0.4, -0.2) is 25.2 Å². The van der Waals surface area contributed by atoms with Crippen LogP contribution in [0.25, 0.3) is 0 Å². The Kier molecular flexibility index (Phi) is 3.82. The molecule has 2 fully saturated rings. The van der Waals surface area contributed by atoms with E-state index in [1.54, 1.807) is 0 Å². The van der Waals surface area contributed by atoms with Crippen LogP contribution >= 0.6 is 0 Å². The second kappa shape index (κ2) is 5.13. The molecule has 82 valence electrons. The molecule has 0 amide bonds. The van der Waals surface area contributed by atoms with Crippen molar-refractivity contribution in [3.63, 3.8) is 0 Å². The van der Waals surface area contributed by atoms with E-state index in [0.29, 0.717) is 0 Å². The van der Waals surface area contributed by atoms with Crippen molar-refractivity contribution in [1.82, 2.24) is 10.6 Å². The van der Waals surface area contributed by atoms with E-state index in [4.69, 9.17) is 0 Å². The third-order valence-electron chi connectivity index (χ3n) is 3.91. The van der Waals surface area contributed by atoms with E-state index in [-0.39, 0.29) is 0 Å². The summed E-state index contributed by atoms with van der Waals surface area (Å²) in [4.78, 5) is 0. The fraction of sp³-hybridized carbons (Fsp3) is 1.00. The molecule has 2 unspecified atom stereocenters. The van der Waals surface area contributed by atoms with Gasteiger partial charge in [0.05, 0.1) is 0 Å². The van der Waals surface area contributed by atoms with Crippen LogP contribution in [0.15, 0.2) is 0 Å². The molecular weight excluding hydrogens is 172 g/mol. The topological polar surface area (TPSA) is 24.1 Å². The molecule has 0 aromatic rings. The van der Waals surface area contributed by atoms with Crippen molar-refractivity contribution in [1.29, 1.82) is 0 Å². The normalized spacial score (nSPS) is 34.9. The molecule has 14 heavy (non-hydrogen) atoms. The van der Waals surface area contributed by atoms with Gasteiger partial charge < -0.3 is 10.6 Å². The molecule has 0 aromatic carbocycles. The lowest BCUT2D eigenvalue weighted by atomic mass is 9.92. The van der Waals surface area contributed by atoms with Crippen LogP contribution in [0, 0.1) is 5.92 Å². The van der Waals surface area contributed by atoms with Gasteiger partial charge in [0.2, 0.25) is 0 Å². The van der Waals surface area contributed by atoms with Crippen LogP contribution in [0.4, 0.5) is 0 Å². The average Bonchev–Trinajstić information content (AvgIpc) is 2.69. The number of piperidine rings is 1. The zero-order chi connectivity index (χ0) is 9.80. The van der Waals surface area contributed by atoms with Crippen LogP contribution in [0.1, 0.15) is 45.4 Å². The number of rotatable bonds is 3. The van der Waals surface area contributed by atoms with Crippen molar-refractivity contribution in [2.24, 2.45) is 5.92 Å². The maximum absolute atomic E-state index is 3.72. The molecular formula is C12H24N2. The largest absolute Gasteiger partial charge is 0.312 e. The van der Waals surface area contributed by atoms with Gasteiger partial charge in [-0.1, -0.05) is 19.8 Å². The fourth-order valence-electron chi connectivity index (χ4n) is 2.81. The van der Waals surface area contributed by atoms with Gasteiger partial charge in [0, 0.05) is 18.6 Å². The molecule has 0 bridgehead atoms. The molecule has 2 atom stereocenters. The van der Waals surface area contributed by atoms with Crippen molar-refractivity contribution in [2.75, 3.05) is 13.1 Å². The van der Waals surface area contributed by atoms with E-state index in [9.17, 15) is 0 Å². The highest BCUT2D eigenvalue weighted by Gasteiger charge is 2.22. The Labute approximate surface area is 87.8 Å². The highest BCUT2D eigenvalue weighted by atomic mass is 15.0. The molecule has 2 N–H and O–H groups in total. The maximum Gasteiger partial charge on any atom is 0.0218 e. The monoisotopic (exact) mass is 196 g/mol. The van der Waals surface area contributed by atoms with Gasteiger partial charge in [0.15, 0.2) is 0 Å². The van der Waals surface area contributed by atoms with Crippen LogP contribution in [0.2, 0.25) is 0 Å². The summed E-state index contributed by atoms with van der Waals surface area (Å²) in [6, 6.07) is 1.55. The van der Waals surface area contributed by atoms with Crippen molar-refractivity contribution in [3.05, 3.63) is 0 Å². The van der Waals surface area contributed by atoms with E-state index in [1.807, 2.05) is 0 Å². The van der Waals surface area contributed by atoms with E-state index < -0.39 is 0 Å². The van der Waals surface area contributed by atoms with Crippen molar-refractivity contribution < 1.29 is 0 Å². The first-order valence-electron chi connectivity index (χ1n) is 6.33. The van der Waals surface area contributed by atoms with Gasteiger partial charge >= 0.3 is 0 Å². The van der Waals surface area contributed by atoms with Gasteiger partial charge in [0.1, 0.15) is 0 Å². The second-order valence-electron chi connectivity index (χ2n) is 5.07.